The third-order valence-electron chi connectivity index (χ3n) is 3.92. The molecule has 1 saturated heterocycles. The average Bonchev–Trinajstić information content (AvgIpc) is 3.08. The van der Waals surface area contributed by atoms with Gasteiger partial charge in [0, 0.05) is 23.7 Å². The quantitative estimate of drug-likeness (QED) is 0.911. The predicted molar refractivity (Wildman–Crippen MR) is 79.6 cm³/mol. The Morgan fingerprint density at radius 1 is 1.52 bits per heavy atom. The summed E-state index contributed by atoms with van der Waals surface area (Å²) < 4.78 is 0. The van der Waals surface area contributed by atoms with Gasteiger partial charge in [-0.15, -0.1) is 0 Å². The number of carboxylic acid groups (broad SMARTS) is 1. The number of H-pyrrole nitrogens is 1. The summed E-state index contributed by atoms with van der Waals surface area (Å²) in [6, 6.07) is 7.96. The maximum Gasteiger partial charge on any atom is 0.354 e. The molecule has 110 valence electrons. The molecule has 0 saturated carbocycles. The molecule has 0 amide bonds. The van der Waals surface area contributed by atoms with E-state index in [1.54, 1.807) is 6.20 Å². The number of carboxylic acids is 1. The lowest BCUT2D eigenvalue weighted by atomic mass is 9.99. The van der Waals surface area contributed by atoms with Crippen LogP contribution in [0.3, 0.4) is 0 Å². The number of nitrogens with one attached hydrogen (secondary N) is 1. The minimum absolute atomic E-state index is 0.182. The minimum atomic E-state index is -0.965. The molecule has 0 spiro atoms. The van der Waals surface area contributed by atoms with Gasteiger partial charge in [0.1, 0.15) is 5.69 Å². The van der Waals surface area contributed by atoms with Crippen molar-refractivity contribution in [1.29, 1.82) is 0 Å². The van der Waals surface area contributed by atoms with Gasteiger partial charge in [0.25, 0.3) is 0 Å². The molecule has 6 heteroatoms. The van der Waals surface area contributed by atoms with E-state index in [9.17, 15) is 4.79 Å². The van der Waals surface area contributed by atoms with Crippen LogP contribution >= 0.6 is 11.6 Å². The summed E-state index contributed by atoms with van der Waals surface area (Å²) in [6.07, 6.45) is 2.65. The number of halogens is 1. The summed E-state index contributed by atoms with van der Waals surface area (Å²) in [5.41, 5.74) is 2.16. The molecule has 2 N–H and O–H groups in total. The van der Waals surface area contributed by atoms with E-state index in [0.29, 0.717) is 12.5 Å². The fourth-order valence-electron chi connectivity index (χ4n) is 2.87. The first-order chi connectivity index (χ1) is 10.1. The second-order valence-corrected chi connectivity index (χ2v) is 5.79. The smallest absolute Gasteiger partial charge is 0.354 e. The molecule has 2 aromatic rings. The summed E-state index contributed by atoms with van der Waals surface area (Å²) >= 11 is 6.04. The highest BCUT2D eigenvalue weighted by molar-refractivity contribution is 6.30. The minimum Gasteiger partial charge on any atom is -0.477 e. The molecule has 1 aromatic carbocycles. The van der Waals surface area contributed by atoms with Gasteiger partial charge in [0.15, 0.2) is 0 Å². The van der Waals surface area contributed by atoms with E-state index < -0.39 is 5.97 Å². The van der Waals surface area contributed by atoms with Crippen LogP contribution in [0, 0.1) is 0 Å². The van der Waals surface area contributed by atoms with Crippen molar-refractivity contribution in [2.24, 2.45) is 0 Å². The fraction of sp³-hybridized carbons (Fsp3) is 0.333. The molecular weight excluding hydrogens is 290 g/mol. The lowest BCUT2D eigenvalue weighted by Crippen LogP contribution is -2.20. The fourth-order valence-corrected chi connectivity index (χ4v) is 3.06. The monoisotopic (exact) mass is 305 g/mol. The van der Waals surface area contributed by atoms with E-state index in [2.05, 4.69) is 21.2 Å². The van der Waals surface area contributed by atoms with Crippen molar-refractivity contribution in [1.82, 2.24) is 15.1 Å². The SMILES string of the molecule is O=C(O)c1[nH]ncc1CN1CCC(c2cccc(Cl)c2)C1. The van der Waals surface area contributed by atoms with Crippen LogP contribution in [0.1, 0.15) is 34.0 Å². The van der Waals surface area contributed by atoms with Gasteiger partial charge in [0.05, 0.1) is 6.20 Å². The van der Waals surface area contributed by atoms with Gasteiger partial charge in [-0.05, 0) is 36.6 Å². The lowest BCUT2D eigenvalue weighted by Gasteiger charge is -2.15. The van der Waals surface area contributed by atoms with Crippen molar-refractivity contribution in [2.45, 2.75) is 18.9 Å². The van der Waals surface area contributed by atoms with Crippen LogP contribution in [0.25, 0.3) is 0 Å². The molecule has 2 heterocycles. The first kappa shape index (κ1) is 14.1. The highest BCUT2D eigenvalue weighted by atomic mass is 35.5. The van der Waals surface area contributed by atoms with Crippen LogP contribution in [0.4, 0.5) is 0 Å². The standard InChI is InChI=1S/C15H16ClN3O2/c16-13-3-1-2-10(6-13)11-4-5-19(8-11)9-12-7-17-18-14(12)15(20)21/h1-3,6-7,11H,4-5,8-9H2,(H,17,18)(H,20,21). The Hall–Kier alpha value is -1.85. The molecule has 1 fully saturated rings. The van der Waals surface area contributed by atoms with E-state index >= 15 is 0 Å². The molecule has 0 aliphatic carbocycles. The molecule has 0 bridgehead atoms. The summed E-state index contributed by atoms with van der Waals surface area (Å²) in [5, 5.41) is 16.2. The van der Waals surface area contributed by atoms with Crippen molar-refractivity contribution >= 4 is 17.6 Å². The Morgan fingerprint density at radius 2 is 2.38 bits per heavy atom. The van der Waals surface area contributed by atoms with Crippen molar-refractivity contribution in [2.75, 3.05) is 13.1 Å². The number of nitrogens with zero attached hydrogens (tertiary/aromatic N) is 2. The largest absolute Gasteiger partial charge is 0.477 e. The second-order valence-electron chi connectivity index (χ2n) is 5.35. The van der Waals surface area contributed by atoms with Crippen LogP contribution < -0.4 is 0 Å². The highest BCUT2D eigenvalue weighted by Gasteiger charge is 2.25. The van der Waals surface area contributed by atoms with E-state index in [4.69, 9.17) is 16.7 Å². The van der Waals surface area contributed by atoms with Gasteiger partial charge in [0.2, 0.25) is 0 Å². The molecule has 21 heavy (non-hydrogen) atoms. The number of rotatable bonds is 4. The molecular formula is C15H16ClN3O2. The third kappa shape index (κ3) is 3.09. The van der Waals surface area contributed by atoms with Crippen LogP contribution in [-0.4, -0.2) is 39.3 Å². The predicted octanol–water partition coefficient (Wildman–Crippen LogP) is 2.75. The molecule has 1 aliphatic rings. The maximum absolute atomic E-state index is 11.1. The number of aromatic nitrogens is 2. The second kappa shape index (κ2) is 5.87. The van der Waals surface area contributed by atoms with Crippen molar-refractivity contribution in [3.05, 3.63) is 52.3 Å². The number of hydrogen-bond donors (Lipinski definition) is 2. The topological polar surface area (TPSA) is 69.2 Å². The van der Waals surface area contributed by atoms with Crippen LogP contribution in [-0.2, 0) is 6.54 Å². The van der Waals surface area contributed by atoms with E-state index in [0.717, 1.165) is 30.1 Å². The molecule has 0 radical (unpaired) electrons. The summed E-state index contributed by atoms with van der Waals surface area (Å²) in [7, 11) is 0. The lowest BCUT2D eigenvalue weighted by molar-refractivity contribution is 0.0688. The Labute approximate surface area is 127 Å². The van der Waals surface area contributed by atoms with Crippen molar-refractivity contribution in [3.63, 3.8) is 0 Å². The van der Waals surface area contributed by atoms with Crippen molar-refractivity contribution < 1.29 is 9.90 Å². The number of likely N-dealkylation sites (tertiary alicyclic amines) is 1. The molecule has 1 aliphatic heterocycles. The van der Waals surface area contributed by atoms with E-state index in [1.807, 2.05) is 18.2 Å². The van der Waals surface area contributed by atoms with Gasteiger partial charge in [-0.3, -0.25) is 10.00 Å². The van der Waals surface area contributed by atoms with Gasteiger partial charge in [-0.2, -0.15) is 5.10 Å². The summed E-state index contributed by atoms with van der Waals surface area (Å²) in [6.45, 7) is 2.46. The third-order valence-corrected chi connectivity index (χ3v) is 4.15. The van der Waals surface area contributed by atoms with Gasteiger partial charge < -0.3 is 5.11 Å². The van der Waals surface area contributed by atoms with Gasteiger partial charge in [-0.1, -0.05) is 23.7 Å². The molecule has 1 atom stereocenters. The first-order valence-corrected chi connectivity index (χ1v) is 7.24. The zero-order valence-electron chi connectivity index (χ0n) is 11.4. The van der Waals surface area contributed by atoms with Gasteiger partial charge >= 0.3 is 5.97 Å². The summed E-state index contributed by atoms with van der Waals surface area (Å²) in [4.78, 5) is 13.3. The Bertz CT molecular complexity index is 656. The van der Waals surface area contributed by atoms with E-state index in [-0.39, 0.29) is 5.69 Å². The Morgan fingerprint density at radius 3 is 3.14 bits per heavy atom. The zero-order valence-corrected chi connectivity index (χ0v) is 12.2. The van der Waals surface area contributed by atoms with Crippen LogP contribution in [0.15, 0.2) is 30.5 Å². The number of benzene rings is 1. The van der Waals surface area contributed by atoms with E-state index in [1.165, 1.54) is 5.56 Å². The summed E-state index contributed by atoms with van der Waals surface area (Å²) in [5.74, 6) is -0.517. The number of aromatic carboxylic acids is 1. The van der Waals surface area contributed by atoms with Crippen LogP contribution in [0.2, 0.25) is 5.02 Å². The van der Waals surface area contributed by atoms with Gasteiger partial charge in [-0.25, -0.2) is 4.79 Å². The highest BCUT2D eigenvalue weighted by Crippen LogP contribution is 2.29. The average molecular weight is 306 g/mol. The Balaban J connectivity index is 1.67. The van der Waals surface area contributed by atoms with Crippen molar-refractivity contribution in [3.8, 4) is 0 Å². The maximum atomic E-state index is 11.1. The zero-order chi connectivity index (χ0) is 14.8. The molecule has 5 nitrogen and oxygen atoms in total. The Kier molecular flexibility index (Phi) is 3.94. The molecule has 3 rings (SSSR count). The molecule has 1 unspecified atom stereocenters. The molecule has 1 aromatic heterocycles. The normalized spacial score (nSPS) is 19.0. The number of carbonyl (C=O) groups is 1. The number of hydrogen-bond acceptors (Lipinski definition) is 3. The van der Waals surface area contributed by atoms with Crippen LogP contribution in [0.5, 0.6) is 0 Å². The first-order valence-electron chi connectivity index (χ1n) is 6.87. The number of aromatic amines is 1.